The first-order valence-electron chi connectivity index (χ1n) is 4.90. The summed E-state index contributed by atoms with van der Waals surface area (Å²) < 4.78 is 0. The smallest absolute Gasteiger partial charge is 0.106 e. The number of aliphatic hydroxyl groups is 2. The van der Waals surface area contributed by atoms with Gasteiger partial charge < -0.3 is 15.9 Å². The normalized spacial score (nSPS) is 13.9. The van der Waals surface area contributed by atoms with Gasteiger partial charge in [0, 0.05) is 21.2 Å². The Kier molecular flexibility index (Phi) is 4.60. The Morgan fingerprint density at radius 1 is 1.53 bits per heavy atom. The number of nitrogens with zero attached hydrogens (tertiary/aromatic N) is 3. The van der Waals surface area contributed by atoms with Gasteiger partial charge in [-0.25, -0.2) is 0 Å². The highest BCUT2D eigenvalue weighted by Crippen LogP contribution is 2.29. The van der Waals surface area contributed by atoms with E-state index < -0.39 is 12.2 Å². The lowest BCUT2D eigenvalue weighted by Gasteiger charge is -2.18. The number of hydrogen-bond donors (Lipinski definition) is 3. The van der Waals surface area contributed by atoms with Crippen molar-refractivity contribution in [2.24, 2.45) is 5.11 Å². The van der Waals surface area contributed by atoms with Crippen LogP contribution >= 0.6 is 11.6 Å². The SMILES string of the molecule is Cc1cc(C(O)C(O)CN=[N+]=[N-])c(Cl)cc1N. The van der Waals surface area contributed by atoms with Gasteiger partial charge in [-0.15, -0.1) is 0 Å². The van der Waals surface area contributed by atoms with Crippen LogP contribution in [-0.4, -0.2) is 22.9 Å². The Hall–Kier alpha value is -1.46. The second-order valence-corrected chi connectivity index (χ2v) is 4.06. The number of nitrogen functional groups attached to an aromatic ring is 1. The first-order valence-corrected chi connectivity index (χ1v) is 5.27. The summed E-state index contributed by atoms with van der Waals surface area (Å²) in [6.07, 6.45) is -2.42. The number of aliphatic hydroxyl groups excluding tert-OH is 2. The molecule has 2 unspecified atom stereocenters. The Morgan fingerprint density at radius 3 is 2.76 bits per heavy atom. The number of halogens is 1. The van der Waals surface area contributed by atoms with Crippen LogP contribution in [0.3, 0.4) is 0 Å². The van der Waals surface area contributed by atoms with Crippen molar-refractivity contribution >= 4 is 17.3 Å². The Bertz CT molecular complexity index is 460. The largest absolute Gasteiger partial charge is 0.398 e. The van der Waals surface area contributed by atoms with Crippen molar-refractivity contribution in [1.82, 2.24) is 0 Å². The van der Waals surface area contributed by atoms with Crippen molar-refractivity contribution < 1.29 is 10.2 Å². The molecule has 0 fully saturated rings. The quantitative estimate of drug-likeness (QED) is 0.331. The second kappa shape index (κ2) is 5.75. The average Bonchev–Trinajstić information content (AvgIpc) is 2.29. The van der Waals surface area contributed by atoms with Crippen LogP contribution in [0.5, 0.6) is 0 Å². The molecule has 0 aliphatic carbocycles. The lowest BCUT2D eigenvalue weighted by molar-refractivity contribution is 0.0244. The highest BCUT2D eigenvalue weighted by molar-refractivity contribution is 6.31. The third-order valence-corrected chi connectivity index (χ3v) is 2.73. The topological polar surface area (TPSA) is 115 Å². The molecule has 17 heavy (non-hydrogen) atoms. The predicted molar refractivity (Wildman–Crippen MR) is 65.6 cm³/mol. The van der Waals surface area contributed by atoms with Gasteiger partial charge in [0.2, 0.25) is 0 Å². The number of benzene rings is 1. The molecule has 0 bridgehead atoms. The van der Waals surface area contributed by atoms with Crippen molar-refractivity contribution in [2.45, 2.75) is 19.1 Å². The molecule has 0 aliphatic heterocycles. The Labute approximate surface area is 103 Å². The monoisotopic (exact) mass is 256 g/mol. The van der Waals surface area contributed by atoms with Crippen LogP contribution in [0, 0.1) is 6.92 Å². The highest BCUT2D eigenvalue weighted by Gasteiger charge is 2.20. The minimum atomic E-state index is -1.22. The summed E-state index contributed by atoms with van der Waals surface area (Å²) in [7, 11) is 0. The molecule has 0 aromatic heterocycles. The Balaban J connectivity index is 2.99. The average molecular weight is 257 g/mol. The van der Waals surface area contributed by atoms with Crippen molar-refractivity contribution in [3.8, 4) is 0 Å². The molecule has 1 aromatic rings. The number of rotatable bonds is 4. The van der Waals surface area contributed by atoms with E-state index in [9.17, 15) is 10.2 Å². The molecular weight excluding hydrogens is 244 g/mol. The van der Waals surface area contributed by atoms with Gasteiger partial charge in [-0.2, -0.15) is 0 Å². The molecule has 0 heterocycles. The van der Waals surface area contributed by atoms with Crippen LogP contribution in [0.1, 0.15) is 17.2 Å². The summed E-state index contributed by atoms with van der Waals surface area (Å²) in [5.74, 6) is 0. The second-order valence-electron chi connectivity index (χ2n) is 3.66. The summed E-state index contributed by atoms with van der Waals surface area (Å²) in [6, 6.07) is 3.11. The summed E-state index contributed by atoms with van der Waals surface area (Å²) in [5.41, 5.74) is 15.4. The number of aryl methyl sites for hydroxylation is 1. The summed E-state index contributed by atoms with van der Waals surface area (Å²) in [5, 5.41) is 22.9. The molecule has 1 rings (SSSR count). The van der Waals surface area contributed by atoms with Gasteiger partial charge >= 0.3 is 0 Å². The molecule has 0 saturated heterocycles. The summed E-state index contributed by atoms with van der Waals surface area (Å²) in [4.78, 5) is 2.51. The molecule has 1 aromatic carbocycles. The predicted octanol–water partition coefficient (Wildman–Crippen LogP) is 1.94. The van der Waals surface area contributed by atoms with Gasteiger partial charge in [-0.3, -0.25) is 0 Å². The number of nitrogens with two attached hydrogens (primary N) is 1. The maximum absolute atomic E-state index is 9.85. The lowest BCUT2D eigenvalue weighted by Crippen LogP contribution is -2.21. The molecule has 0 amide bonds. The third kappa shape index (κ3) is 3.25. The van der Waals surface area contributed by atoms with Crippen molar-refractivity contribution in [3.63, 3.8) is 0 Å². The molecule has 4 N–H and O–H groups in total. The molecule has 7 heteroatoms. The van der Waals surface area contributed by atoms with E-state index in [1.165, 1.54) is 6.07 Å². The summed E-state index contributed by atoms with van der Waals surface area (Å²) >= 11 is 5.92. The fourth-order valence-corrected chi connectivity index (χ4v) is 1.66. The standard InChI is InChI=1S/C10H13ClN4O2/c1-5-2-6(7(11)3-8(5)12)10(17)9(16)4-14-15-13/h2-3,9-10,16-17H,4,12H2,1H3. The molecule has 0 saturated carbocycles. The van der Waals surface area contributed by atoms with Gasteiger partial charge in [0.25, 0.3) is 0 Å². The van der Waals surface area contributed by atoms with Gasteiger partial charge in [-0.05, 0) is 30.2 Å². The van der Waals surface area contributed by atoms with Gasteiger partial charge in [0.05, 0.1) is 12.6 Å². The number of azide groups is 1. The minimum absolute atomic E-state index is 0.225. The zero-order valence-electron chi connectivity index (χ0n) is 9.21. The fraction of sp³-hybridized carbons (Fsp3) is 0.400. The maximum Gasteiger partial charge on any atom is 0.106 e. The van der Waals surface area contributed by atoms with Crippen LogP contribution in [0.25, 0.3) is 10.4 Å². The Morgan fingerprint density at radius 2 is 2.18 bits per heavy atom. The molecule has 0 radical (unpaired) electrons. The van der Waals surface area contributed by atoms with E-state index in [1.54, 1.807) is 13.0 Å². The van der Waals surface area contributed by atoms with Gasteiger partial charge in [-0.1, -0.05) is 16.7 Å². The van der Waals surface area contributed by atoms with E-state index in [0.717, 1.165) is 5.56 Å². The lowest BCUT2D eigenvalue weighted by atomic mass is 10.0. The summed E-state index contributed by atoms with van der Waals surface area (Å²) in [6.45, 7) is 1.54. The third-order valence-electron chi connectivity index (χ3n) is 2.40. The van der Waals surface area contributed by atoms with Gasteiger partial charge in [0.15, 0.2) is 0 Å². The van der Waals surface area contributed by atoms with E-state index in [2.05, 4.69) is 10.0 Å². The zero-order chi connectivity index (χ0) is 13.0. The van der Waals surface area contributed by atoms with Crippen LogP contribution < -0.4 is 5.73 Å². The fourth-order valence-electron chi connectivity index (χ4n) is 1.37. The molecule has 0 aliphatic rings. The maximum atomic E-state index is 9.85. The van der Waals surface area contributed by atoms with Gasteiger partial charge in [0.1, 0.15) is 6.10 Å². The molecule has 0 spiro atoms. The van der Waals surface area contributed by atoms with Crippen LogP contribution in [0.15, 0.2) is 17.2 Å². The minimum Gasteiger partial charge on any atom is -0.398 e. The highest BCUT2D eigenvalue weighted by atomic mass is 35.5. The van der Waals surface area contributed by atoms with E-state index in [1.807, 2.05) is 0 Å². The van der Waals surface area contributed by atoms with Crippen LogP contribution in [-0.2, 0) is 0 Å². The van der Waals surface area contributed by atoms with Crippen LogP contribution in [0.2, 0.25) is 5.02 Å². The van der Waals surface area contributed by atoms with E-state index in [0.29, 0.717) is 11.3 Å². The van der Waals surface area contributed by atoms with E-state index in [4.69, 9.17) is 22.9 Å². The van der Waals surface area contributed by atoms with Crippen molar-refractivity contribution in [1.29, 1.82) is 0 Å². The first-order chi connectivity index (χ1) is 7.97. The zero-order valence-corrected chi connectivity index (χ0v) is 9.96. The van der Waals surface area contributed by atoms with Crippen molar-refractivity contribution in [3.05, 3.63) is 38.7 Å². The van der Waals surface area contributed by atoms with Crippen molar-refractivity contribution in [2.75, 3.05) is 12.3 Å². The van der Waals surface area contributed by atoms with E-state index >= 15 is 0 Å². The molecule has 2 atom stereocenters. The molecular formula is C10H13ClN4O2. The van der Waals surface area contributed by atoms with E-state index in [-0.39, 0.29) is 11.6 Å². The molecule has 92 valence electrons. The first kappa shape index (κ1) is 13.6. The van der Waals surface area contributed by atoms with Crippen LogP contribution in [0.4, 0.5) is 5.69 Å². The number of hydrogen-bond acceptors (Lipinski definition) is 4. The molecule has 6 nitrogen and oxygen atoms in total. The number of anilines is 1.